The quantitative estimate of drug-likeness (QED) is 0.891. The Morgan fingerprint density at radius 2 is 2.11 bits per heavy atom. The van der Waals surface area contributed by atoms with Crippen LogP contribution in [0, 0.1) is 13.8 Å². The van der Waals surface area contributed by atoms with Crippen molar-refractivity contribution < 1.29 is 0 Å². The average Bonchev–Trinajstić information content (AvgIpc) is 2.83. The summed E-state index contributed by atoms with van der Waals surface area (Å²) in [6.07, 6.45) is 5.22. The van der Waals surface area contributed by atoms with E-state index in [2.05, 4.69) is 55.6 Å². The van der Waals surface area contributed by atoms with Gasteiger partial charge in [0.05, 0.1) is 12.2 Å². The molecule has 0 aliphatic carbocycles. The first-order valence-corrected chi connectivity index (χ1v) is 6.92. The van der Waals surface area contributed by atoms with Crippen molar-refractivity contribution in [1.82, 2.24) is 15.1 Å². The number of hydrogen-bond acceptors (Lipinski definition) is 2. The number of rotatable bonds is 5. The van der Waals surface area contributed by atoms with Gasteiger partial charge >= 0.3 is 0 Å². The van der Waals surface area contributed by atoms with Gasteiger partial charge in [0.1, 0.15) is 0 Å². The minimum absolute atomic E-state index is 0.213. The molecule has 19 heavy (non-hydrogen) atoms. The molecular formula is C16H23N3. The molecular weight excluding hydrogens is 234 g/mol. The fourth-order valence-corrected chi connectivity index (χ4v) is 2.45. The first-order valence-electron chi connectivity index (χ1n) is 6.92. The summed E-state index contributed by atoms with van der Waals surface area (Å²) in [5.74, 6) is 0. The number of benzene rings is 1. The van der Waals surface area contributed by atoms with E-state index in [1.165, 1.54) is 22.3 Å². The maximum Gasteiger partial charge on any atom is 0.0608 e. The lowest BCUT2D eigenvalue weighted by atomic mass is 9.95. The summed E-state index contributed by atoms with van der Waals surface area (Å²) < 4.78 is 2.02. The summed E-state index contributed by atoms with van der Waals surface area (Å²) >= 11 is 0. The molecule has 0 saturated carbocycles. The molecule has 1 N–H and O–H groups in total. The molecule has 2 rings (SSSR count). The summed E-state index contributed by atoms with van der Waals surface area (Å²) in [6, 6.07) is 6.82. The first-order chi connectivity index (χ1) is 9.15. The molecule has 0 aliphatic heterocycles. The maximum atomic E-state index is 4.43. The van der Waals surface area contributed by atoms with Crippen molar-refractivity contribution in [3.63, 3.8) is 0 Å². The normalized spacial score (nSPS) is 12.6. The third kappa shape index (κ3) is 3.04. The molecule has 0 amide bonds. The summed E-state index contributed by atoms with van der Waals surface area (Å²) in [7, 11) is 2.00. The van der Waals surface area contributed by atoms with Crippen LogP contribution in [0.2, 0.25) is 0 Å². The number of hydrogen-bond donors (Lipinski definition) is 1. The molecule has 0 radical (unpaired) electrons. The van der Waals surface area contributed by atoms with E-state index >= 15 is 0 Å². The fraction of sp³-hybridized carbons (Fsp3) is 0.438. The zero-order valence-corrected chi connectivity index (χ0v) is 12.3. The van der Waals surface area contributed by atoms with Gasteiger partial charge in [-0.1, -0.05) is 30.7 Å². The Kier molecular flexibility index (Phi) is 4.38. The van der Waals surface area contributed by atoms with Crippen molar-refractivity contribution >= 4 is 0 Å². The molecule has 0 saturated heterocycles. The predicted molar refractivity (Wildman–Crippen MR) is 79.3 cm³/mol. The highest BCUT2D eigenvalue weighted by atomic mass is 15.3. The molecule has 1 atom stereocenters. The number of aromatic nitrogens is 2. The molecule has 102 valence electrons. The highest BCUT2D eigenvalue weighted by Gasteiger charge is 2.16. The van der Waals surface area contributed by atoms with Gasteiger partial charge in [0.2, 0.25) is 0 Å². The Balaban J connectivity index is 2.35. The molecule has 0 spiro atoms. The lowest BCUT2D eigenvalue weighted by Gasteiger charge is -2.18. The van der Waals surface area contributed by atoms with Crippen LogP contribution in [0.4, 0.5) is 0 Å². The van der Waals surface area contributed by atoms with Crippen LogP contribution in [0.1, 0.15) is 41.6 Å². The van der Waals surface area contributed by atoms with Crippen molar-refractivity contribution in [2.24, 2.45) is 0 Å². The van der Waals surface area contributed by atoms with Crippen LogP contribution in [0.15, 0.2) is 30.6 Å². The van der Waals surface area contributed by atoms with E-state index in [0.29, 0.717) is 0 Å². The number of aryl methyl sites for hydroxylation is 3. The zero-order valence-electron chi connectivity index (χ0n) is 12.3. The SMILES string of the molecule is CCCn1cc(C(NC)c2cc(C)ccc2C)cn1. The number of nitrogens with zero attached hydrogens (tertiary/aromatic N) is 2. The van der Waals surface area contributed by atoms with Crippen LogP contribution in [-0.2, 0) is 6.54 Å². The third-order valence-electron chi connectivity index (χ3n) is 3.47. The van der Waals surface area contributed by atoms with Gasteiger partial charge in [-0.05, 0) is 38.4 Å². The Morgan fingerprint density at radius 1 is 1.32 bits per heavy atom. The van der Waals surface area contributed by atoms with E-state index < -0.39 is 0 Å². The second kappa shape index (κ2) is 6.02. The van der Waals surface area contributed by atoms with Crippen LogP contribution in [-0.4, -0.2) is 16.8 Å². The van der Waals surface area contributed by atoms with Crippen molar-refractivity contribution in [3.8, 4) is 0 Å². The van der Waals surface area contributed by atoms with E-state index in [1.54, 1.807) is 0 Å². The van der Waals surface area contributed by atoms with Gasteiger partial charge in [0.25, 0.3) is 0 Å². The minimum atomic E-state index is 0.213. The van der Waals surface area contributed by atoms with E-state index in [1.807, 2.05) is 17.9 Å². The van der Waals surface area contributed by atoms with Crippen molar-refractivity contribution in [3.05, 3.63) is 52.8 Å². The van der Waals surface area contributed by atoms with E-state index in [-0.39, 0.29) is 6.04 Å². The zero-order chi connectivity index (χ0) is 13.8. The number of nitrogens with one attached hydrogen (secondary N) is 1. The van der Waals surface area contributed by atoms with E-state index in [4.69, 9.17) is 0 Å². The molecule has 1 aromatic heterocycles. The summed E-state index contributed by atoms with van der Waals surface area (Å²) in [5.41, 5.74) is 5.16. The largest absolute Gasteiger partial charge is 0.309 e. The molecule has 0 fully saturated rings. The standard InChI is InChI=1S/C16H23N3/c1-5-8-19-11-14(10-18-19)16(17-4)15-9-12(2)6-7-13(15)3/h6-7,9-11,16-17H,5,8H2,1-4H3. The van der Waals surface area contributed by atoms with Crippen molar-refractivity contribution in [2.75, 3.05) is 7.05 Å². The molecule has 3 heteroatoms. The molecule has 1 unspecified atom stereocenters. The van der Waals surface area contributed by atoms with E-state index in [9.17, 15) is 0 Å². The molecule has 3 nitrogen and oxygen atoms in total. The molecule has 2 aromatic rings. The topological polar surface area (TPSA) is 29.9 Å². The van der Waals surface area contributed by atoms with Gasteiger partial charge < -0.3 is 5.32 Å². The summed E-state index contributed by atoms with van der Waals surface area (Å²) in [6.45, 7) is 7.44. The van der Waals surface area contributed by atoms with Crippen LogP contribution in [0.5, 0.6) is 0 Å². The molecule has 1 heterocycles. The van der Waals surface area contributed by atoms with Gasteiger partial charge in [-0.15, -0.1) is 0 Å². The monoisotopic (exact) mass is 257 g/mol. The summed E-state index contributed by atoms with van der Waals surface area (Å²) in [4.78, 5) is 0. The van der Waals surface area contributed by atoms with Gasteiger partial charge in [-0.3, -0.25) is 4.68 Å². The highest BCUT2D eigenvalue weighted by molar-refractivity contribution is 5.37. The molecule has 0 aliphatic rings. The van der Waals surface area contributed by atoms with Gasteiger partial charge in [-0.2, -0.15) is 5.10 Å². The van der Waals surface area contributed by atoms with Crippen LogP contribution in [0.25, 0.3) is 0 Å². The Labute approximate surface area is 115 Å². The fourth-order valence-electron chi connectivity index (χ4n) is 2.45. The summed E-state index contributed by atoms with van der Waals surface area (Å²) in [5, 5.41) is 7.83. The van der Waals surface area contributed by atoms with Crippen LogP contribution in [0.3, 0.4) is 0 Å². The predicted octanol–water partition coefficient (Wildman–Crippen LogP) is 3.22. The second-order valence-electron chi connectivity index (χ2n) is 5.12. The maximum absolute atomic E-state index is 4.43. The van der Waals surface area contributed by atoms with E-state index in [0.717, 1.165) is 13.0 Å². The Hall–Kier alpha value is -1.61. The van der Waals surface area contributed by atoms with Gasteiger partial charge in [0.15, 0.2) is 0 Å². The Bertz CT molecular complexity index is 543. The smallest absolute Gasteiger partial charge is 0.0608 e. The van der Waals surface area contributed by atoms with Gasteiger partial charge in [-0.25, -0.2) is 0 Å². The van der Waals surface area contributed by atoms with Crippen molar-refractivity contribution in [2.45, 2.75) is 39.8 Å². The first kappa shape index (κ1) is 13.8. The van der Waals surface area contributed by atoms with Crippen LogP contribution < -0.4 is 5.32 Å². The highest BCUT2D eigenvalue weighted by Crippen LogP contribution is 2.25. The van der Waals surface area contributed by atoms with Crippen molar-refractivity contribution in [1.29, 1.82) is 0 Å². The Morgan fingerprint density at radius 3 is 2.79 bits per heavy atom. The average molecular weight is 257 g/mol. The molecule has 0 bridgehead atoms. The lowest BCUT2D eigenvalue weighted by molar-refractivity contribution is 0.600. The molecule has 1 aromatic carbocycles. The van der Waals surface area contributed by atoms with Crippen LogP contribution >= 0.6 is 0 Å². The minimum Gasteiger partial charge on any atom is -0.309 e. The lowest BCUT2D eigenvalue weighted by Crippen LogP contribution is -2.18. The van der Waals surface area contributed by atoms with Gasteiger partial charge in [0, 0.05) is 18.3 Å². The second-order valence-corrected chi connectivity index (χ2v) is 5.12. The third-order valence-corrected chi connectivity index (χ3v) is 3.47.